The van der Waals surface area contributed by atoms with Crippen molar-refractivity contribution in [1.29, 1.82) is 0 Å². The molecule has 1 aliphatic carbocycles. The van der Waals surface area contributed by atoms with E-state index in [4.69, 9.17) is 0 Å². The number of halogens is 3. The van der Waals surface area contributed by atoms with E-state index in [2.05, 4.69) is 39.5 Å². The topological polar surface area (TPSA) is 0 Å². The molecule has 77 valence electrons. The monoisotopic (exact) mass is 277 g/mol. The predicted molar refractivity (Wildman–Crippen MR) is 62.1 cm³/mol. The molecule has 0 aliphatic heterocycles. The van der Waals surface area contributed by atoms with Crippen molar-refractivity contribution >= 4 is 37.2 Å². The smallest absolute Gasteiger partial charge is 0.147 e. The minimum Gasteiger partial charge on any atom is -0.147 e. The normalized spacial score (nSPS) is 12.9. The zero-order valence-electron chi connectivity index (χ0n) is 7.71. The summed E-state index contributed by atoms with van der Waals surface area (Å²) >= 11 is 2.24. The summed E-state index contributed by atoms with van der Waals surface area (Å²) in [7, 11) is 0. The number of hydrogen-bond acceptors (Lipinski definition) is 0. The fourth-order valence-corrected chi connectivity index (χ4v) is 1.66. The molecule has 0 nitrogen and oxygen atoms in total. The Morgan fingerprint density at radius 2 is 1.92 bits per heavy atom. The predicted octanol–water partition coefficient (Wildman–Crippen LogP) is 4.20. The van der Waals surface area contributed by atoms with E-state index < -0.39 is 0 Å². The Morgan fingerprint density at radius 3 is 2.31 bits per heavy atom. The third-order valence-corrected chi connectivity index (χ3v) is 2.65. The quantitative estimate of drug-likeness (QED) is 0.679. The van der Waals surface area contributed by atoms with Crippen molar-refractivity contribution in [1.82, 2.24) is 0 Å². The summed E-state index contributed by atoms with van der Waals surface area (Å²) in [6, 6.07) is 0. The molecule has 1 rings (SSSR count). The zero-order chi connectivity index (χ0) is 7.40. The van der Waals surface area contributed by atoms with Gasteiger partial charge in [0.25, 0.3) is 0 Å². The summed E-state index contributed by atoms with van der Waals surface area (Å²) in [6.45, 7) is 2.24. The third kappa shape index (κ3) is 7.05. The number of rotatable bonds is 3. The second-order valence-corrected chi connectivity index (χ2v) is 3.66. The van der Waals surface area contributed by atoms with Crippen molar-refractivity contribution in [2.75, 3.05) is 0 Å². The van der Waals surface area contributed by atoms with Gasteiger partial charge in [0.15, 0.2) is 0 Å². The summed E-state index contributed by atoms with van der Waals surface area (Å²) in [5.74, 6) is 0. The van der Waals surface area contributed by atoms with Crippen LogP contribution < -0.4 is 0 Å². The van der Waals surface area contributed by atoms with Crippen LogP contribution in [0.2, 0.25) is 0 Å². The Kier molecular flexibility index (Phi) is 16.8. The largest absolute Gasteiger partial charge is 0.147 e. The van der Waals surface area contributed by atoms with Crippen LogP contribution in [0.25, 0.3) is 0 Å². The first-order valence-electron chi connectivity index (χ1n) is 3.94. The zero-order valence-corrected chi connectivity index (χ0v) is 11.7. The standard InChI is InChI=1S/C9H13.3ClH.Ti/c1-2-3-6-9-7-4-5-8-9;;;;/h4,7H,2-3,5-6H2,1H3;3*1H;. The van der Waals surface area contributed by atoms with Crippen LogP contribution in [0.4, 0.5) is 0 Å². The van der Waals surface area contributed by atoms with E-state index in [1.165, 1.54) is 25.7 Å². The minimum absolute atomic E-state index is 0. The van der Waals surface area contributed by atoms with Crippen LogP contribution in [0.3, 0.4) is 0 Å². The van der Waals surface area contributed by atoms with Gasteiger partial charge >= 0.3 is 74.6 Å². The average molecular weight is 278 g/mol. The third-order valence-electron chi connectivity index (χ3n) is 1.83. The molecule has 0 spiro atoms. The Hall–Kier alpha value is 1.06. The van der Waals surface area contributed by atoms with Gasteiger partial charge in [-0.15, -0.1) is 37.2 Å². The molecule has 0 saturated heterocycles. The molecule has 0 unspecified atom stereocenters. The van der Waals surface area contributed by atoms with E-state index >= 15 is 0 Å². The van der Waals surface area contributed by atoms with Gasteiger partial charge in [0.2, 0.25) is 0 Å². The maximum Gasteiger partial charge on any atom is -0.147 e. The molecule has 0 aromatic rings. The van der Waals surface area contributed by atoms with Crippen LogP contribution in [-0.4, -0.2) is 0 Å². The van der Waals surface area contributed by atoms with E-state index in [1.54, 1.807) is 9.45 Å². The van der Waals surface area contributed by atoms with E-state index in [1.807, 2.05) is 0 Å². The summed E-state index contributed by atoms with van der Waals surface area (Å²) < 4.78 is 1.58. The summed E-state index contributed by atoms with van der Waals surface area (Å²) in [5.41, 5.74) is 1.59. The van der Waals surface area contributed by atoms with E-state index in [9.17, 15) is 0 Å². The number of hydrogen-bond donors (Lipinski definition) is 0. The molecule has 0 amide bonds. The molecule has 0 atom stereocenters. The Labute approximate surface area is 111 Å². The van der Waals surface area contributed by atoms with Crippen LogP contribution >= 0.6 is 37.2 Å². The van der Waals surface area contributed by atoms with Gasteiger partial charge in [-0.25, -0.2) is 0 Å². The number of allylic oxidation sites excluding steroid dienone is 4. The minimum atomic E-state index is 0. The van der Waals surface area contributed by atoms with Crippen molar-refractivity contribution < 1.29 is 20.4 Å². The molecule has 0 saturated carbocycles. The molecular weight excluding hydrogens is 262 g/mol. The second kappa shape index (κ2) is 11.1. The van der Waals surface area contributed by atoms with E-state index in [0.717, 1.165) is 0 Å². The van der Waals surface area contributed by atoms with Crippen molar-refractivity contribution in [2.24, 2.45) is 0 Å². The van der Waals surface area contributed by atoms with E-state index in [-0.39, 0.29) is 37.2 Å². The molecular formula is C9H16Cl3Ti. The fraction of sp³-hybridized carbons (Fsp3) is 0.556. The van der Waals surface area contributed by atoms with Crippen molar-refractivity contribution in [3.8, 4) is 0 Å². The SMILES string of the molecule is CCCCC1=[C]([Ti])CC=C1.Cl.Cl.Cl. The van der Waals surface area contributed by atoms with E-state index in [0.29, 0.717) is 0 Å². The summed E-state index contributed by atoms with van der Waals surface area (Å²) in [6.07, 6.45) is 9.69. The van der Waals surface area contributed by atoms with Crippen molar-refractivity contribution in [2.45, 2.75) is 32.6 Å². The van der Waals surface area contributed by atoms with Gasteiger partial charge in [-0.2, -0.15) is 0 Å². The molecule has 0 bridgehead atoms. The fourth-order valence-electron chi connectivity index (χ4n) is 1.15. The Morgan fingerprint density at radius 1 is 1.31 bits per heavy atom. The molecule has 0 radical (unpaired) electrons. The first kappa shape index (κ1) is 19.6. The molecule has 4 heteroatoms. The van der Waals surface area contributed by atoms with Crippen LogP contribution in [0.1, 0.15) is 32.6 Å². The van der Waals surface area contributed by atoms with Gasteiger partial charge in [0.05, 0.1) is 0 Å². The molecule has 1 aliphatic rings. The van der Waals surface area contributed by atoms with Gasteiger partial charge in [-0.3, -0.25) is 0 Å². The molecule has 0 aromatic carbocycles. The molecule has 0 aromatic heterocycles. The molecule has 0 fully saturated rings. The van der Waals surface area contributed by atoms with Crippen LogP contribution in [0.5, 0.6) is 0 Å². The maximum absolute atomic E-state index is 2.28. The maximum atomic E-state index is 2.28. The second-order valence-electron chi connectivity index (χ2n) is 2.71. The average Bonchev–Trinajstić information content (AvgIpc) is 2.31. The number of unbranched alkanes of at least 4 members (excludes halogenated alkanes) is 1. The van der Waals surface area contributed by atoms with Crippen LogP contribution in [0, 0.1) is 0 Å². The van der Waals surface area contributed by atoms with Crippen molar-refractivity contribution in [3.05, 3.63) is 21.6 Å². The first-order chi connectivity index (χ1) is 4.84. The van der Waals surface area contributed by atoms with Gasteiger partial charge in [-0.1, -0.05) is 0 Å². The van der Waals surface area contributed by atoms with Gasteiger partial charge in [0, 0.05) is 0 Å². The van der Waals surface area contributed by atoms with Gasteiger partial charge in [0.1, 0.15) is 0 Å². The van der Waals surface area contributed by atoms with Crippen LogP contribution in [-0.2, 0) is 20.4 Å². The van der Waals surface area contributed by atoms with Gasteiger partial charge in [-0.05, 0) is 0 Å². The Bertz CT molecular complexity index is 176. The Balaban J connectivity index is -0.000000333. The van der Waals surface area contributed by atoms with Crippen LogP contribution in [0.15, 0.2) is 21.6 Å². The summed E-state index contributed by atoms with van der Waals surface area (Å²) in [5, 5.41) is 0. The molecule has 0 heterocycles. The summed E-state index contributed by atoms with van der Waals surface area (Å²) in [4.78, 5) is 0. The van der Waals surface area contributed by atoms with Crippen molar-refractivity contribution in [3.63, 3.8) is 0 Å². The first-order valence-corrected chi connectivity index (χ1v) is 4.73. The molecule has 0 N–H and O–H groups in total. The van der Waals surface area contributed by atoms with Gasteiger partial charge < -0.3 is 0 Å². The molecule has 13 heavy (non-hydrogen) atoms.